The molecule has 3 heterocycles. The third-order valence-electron chi connectivity index (χ3n) is 10.1. The maximum Gasteiger partial charge on any atom is 0.320 e. The summed E-state index contributed by atoms with van der Waals surface area (Å²) in [5.74, 6) is -0.372. The average Bonchev–Trinajstić information content (AvgIpc) is 3.77. The van der Waals surface area contributed by atoms with Crippen LogP contribution >= 0.6 is 11.3 Å². The summed E-state index contributed by atoms with van der Waals surface area (Å²) in [6, 6.07) is 9.89. The van der Waals surface area contributed by atoms with Crippen molar-refractivity contribution in [2.45, 2.75) is 70.0 Å². The Kier molecular flexibility index (Phi) is 9.47. The van der Waals surface area contributed by atoms with Gasteiger partial charge >= 0.3 is 6.03 Å². The highest BCUT2D eigenvalue weighted by Crippen LogP contribution is 2.44. The predicted molar refractivity (Wildman–Crippen MR) is 173 cm³/mol. The third-order valence-corrected chi connectivity index (χ3v) is 11.9. The maximum atomic E-state index is 13.6. The van der Waals surface area contributed by atoms with Crippen molar-refractivity contribution >= 4 is 33.3 Å². The van der Waals surface area contributed by atoms with Crippen molar-refractivity contribution in [1.29, 1.82) is 0 Å². The predicted octanol–water partition coefficient (Wildman–Crippen LogP) is 4.71. The normalized spacial score (nSPS) is 23.5. The molecule has 0 spiro atoms. The molecule has 3 amide bonds. The van der Waals surface area contributed by atoms with E-state index in [0.29, 0.717) is 30.9 Å². The van der Waals surface area contributed by atoms with Crippen molar-refractivity contribution in [3.8, 4) is 10.4 Å². The van der Waals surface area contributed by atoms with E-state index < -0.39 is 10.0 Å². The van der Waals surface area contributed by atoms with Gasteiger partial charge in [-0.2, -0.15) is 0 Å². The molecule has 0 radical (unpaired) electrons. The van der Waals surface area contributed by atoms with Gasteiger partial charge < -0.3 is 14.7 Å². The van der Waals surface area contributed by atoms with Crippen LogP contribution in [-0.2, 0) is 10.0 Å². The van der Waals surface area contributed by atoms with Crippen LogP contribution in [-0.4, -0.2) is 111 Å². The number of amides is 3. The highest BCUT2D eigenvalue weighted by Gasteiger charge is 2.46. The minimum Gasteiger partial charge on any atom is -0.336 e. The Bertz CT molecular complexity index is 1450. The monoisotopic (exact) mass is 647 g/mol. The molecule has 2 aromatic rings. The summed E-state index contributed by atoms with van der Waals surface area (Å²) in [5.41, 5.74) is 0.877. The molecule has 3 aliphatic rings. The second-order valence-corrected chi connectivity index (χ2v) is 16.7. The van der Waals surface area contributed by atoms with Crippen molar-refractivity contribution in [1.82, 2.24) is 24.3 Å². The number of hydrogen-bond acceptors (Lipinski definition) is 6. The molecule has 1 aromatic heterocycles. The topological polar surface area (TPSA) is 93.3 Å². The van der Waals surface area contributed by atoms with Gasteiger partial charge in [-0.05, 0) is 73.8 Å². The molecule has 2 saturated heterocycles. The molecule has 0 bridgehead atoms. The van der Waals surface area contributed by atoms with Gasteiger partial charge in [-0.1, -0.05) is 26.0 Å². The number of nitrogens with one attached hydrogen (secondary N) is 1. The van der Waals surface area contributed by atoms with Crippen molar-refractivity contribution in [2.75, 3.05) is 53.1 Å². The largest absolute Gasteiger partial charge is 0.336 e. The SMILES string of the molecule is CN(C(=O)c1ccc(-c2ccc(F)cc2)s1)C1CCN(C(=O)N(C)C2CCN(C3(CNS(C)(=O)=O)CCC(C)(C)CC3)C2)C1. The quantitative estimate of drug-likeness (QED) is 0.448. The van der Waals surface area contributed by atoms with Crippen LogP contribution in [0.15, 0.2) is 36.4 Å². The van der Waals surface area contributed by atoms with Crippen LogP contribution < -0.4 is 4.72 Å². The van der Waals surface area contributed by atoms with Gasteiger partial charge in [0.25, 0.3) is 5.91 Å². The van der Waals surface area contributed by atoms with E-state index in [9.17, 15) is 22.4 Å². The van der Waals surface area contributed by atoms with Crippen LogP contribution in [0.3, 0.4) is 0 Å². The number of urea groups is 1. The van der Waals surface area contributed by atoms with Crippen LogP contribution in [0.25, 0.3) is 10.4 Å². The maximum absolute atomic E-state index is 13.6. The van der Waals surface area contributed by atoms with Gasteiger partial charge in [-0.15, -0.1) is 11.3 Å². The number of likely N-dealkylation sites (tertiary alicyclic amines) is 2. The lowest BCUT2D eigenvalue weighted by atomic mass is 9.69. The van der Waals surface area contributed by atoms with Crippen LogP contribution in [0.2, 0.25) is 0 Å². The summed E-state index contributed by atoms with van der Waals surface area (Å²) in [7, 11) is 0.354. The lowest BCUT2D eigenvalue weighted by Crippen LogP contribution is -2.58. The molecule has 2 atom stereocenters. The second kappa shape index (κ2) is 12.7. The van der Waals surface area contributed by atoms with Gasteiger partial charge in [-0.25, -0.2) is 22.3 Å². The minimum absolute atomic E-state index is 0.0250. The summed E-state index contributed by atoms with van der Waals surface area (Å²) < 4.78 is 40.1. The van der Waals surface area contributed by atoms with E-state index >= 15 is 0 Å². The highest BCUT2D eigenvalue weighted by molar-refractivity contribution is 7.88. The van der Waals surface area contributed by atoms with Crippen molar-refractivity contribution in [3.05, 3.63) is 47.1 Å². The van der Waals surface area contributed by atoms with Crippen LogP contribution in [0, 0.1) is 11.2 Å². The van der Waals surface area contributed by atoms with E-state index in [0.717, 1.165) is 55.6 Å². The van der Waals surface area contributed by atoms with E-state index in [1.807, 2.05) is 29.0 Å². The average molecular weight is 648 g/mol. The summed E-state index contributed by atoms with van der Waals surface area (Å²) in [6.07, 6.45) is 6.70. The van der Waals surface area contributed by atoms with Crippen LogP contribution in [0.4, 0.5) is 9.18 Å². The number of carbonyl (C=O) groups excluding carboxylic acids is 2. The third kappa shape index (κ3) is 7.29. The van der Waals surface area contributed by atoms with E-state index in [1.165, 1.54) is 29.7 Å². The van der Waals surface area contributed by atoms with Gasteiger partial charge in [0.05, 0.1) is 17.2 Å². The lowest BCUT2D eigenvalue weighted by molar-refractivity contribution is 0.0330. The number of carbonyl (C=O) groups is 2. The smallest absolute Gasteiger partial charge is 0.320 e. The fraction of sp³-hybridized carbons (Fsp3) is 0.625. The number of rotatable bonds is 8. The highest BCUT2D eigenvalue weighted by atomic mass is 32.2. The first-order chi connectivity index (χ1) is 20.7. The number of thiophene rings is 1. The number of hydrogen-bond donors (Lipinski definition) is 1. The first-order valence-electron chi connectivity index (χ1n) is 15.5. The molecule has 1 aromatic carbocycles. The van der Waals surface area contributed by atoms with E-state index in [-0.39, 0.29) is 40.8 Å². The van der Waals surface area contributed by atoms with Gasteiger partial charge in [0, 0.05) is 63.3 Å². The molecular formula is C32H46FN5O4S2. The molecule has 9 nitrogen and oxygen atoms in total. The molecule has 44 heavy (non-hydrogen) atoms. The molecule has 2 aliphatic heterocycles. The summed E-state index contributed by atoms with van der Waals surface area (Å²) in [4.78, 5) is 36.4. The Morgan fingerprint density at radius 3 is 2.25 bits per heavy atom. The molecule has 1 N–H and O–H groups in total. The standard InChI is InChI=1S/C32H46FN5O4S2/c1-31(2)14-16-32(17-15-31,22-34-44(5,41)42)38-19-13-26(21-38)36(4)30(40)37-18-12-25(20-37)35(3)29(39)28-11-10-27(43-28)23-6-8-24(33)9-7-23/h6-11,25-26,34H,12-22H2,1-5H3. The van der Waals surface area contributed by atoms with E-state index in [2.05, 4.69) is 23.5 Å². The Morgan fingerprint density at radius 1 is 0.955 bits per heavy atom. The number of benzene rings is 1. The van der Waals surface area contributed by atoms with Crippen molar-refractivity contribution in [3.63, 3.8) is 0 Å². The number of halogens is 1. The Morgan fingerprint density at radius 2 is 1.59 bits per heavy atom. The van der Waals surface area contributed by atoms with Crippen LogP contribution in [0.1, 0.15) is 62.0 Å². The molecule has 242 valence electrons. The van der Waals surface area contributed by atoms with Gasteiger partial charge in [0.2, 0.25) is 10.0 Å². The number of nitrogens with zero attached hydrogens (tertiary/aromatic N) is 4. The van der Waals surface area contributed by atoms with Crippen LogP contribution in [0.5, 0.6) is 0 Å². The minimum atomic E-state index is -3.31. The molecule has 1 aliphatic carbocycles. The molecular weight excluding hydrogens is 602 g/mol. The number of likely N-dealkylation sites (N-methyl/N-ethyl adjacent to an activating group) is 2. The van der Waals surface area contributed by atoms with E-state index in [4.69, 9.17) is 0 Å². The zero-order valence-electron chi connectivity index (χ0n) is 26.5. The fourth-order valence-corrected chi connectivity index (χ4v) is 8.45. The van der Waals surface area contributed by atoms with Crippen molar-refractivity contribution in [2.24, 2.45) is 5.41 Å². The molecule has 3 fully saturated rings. The Hall–Kier alpha value is -2.54. The fourth-order valence-electron chi connectivity index (χ4n) is 6.92. The molecule has 5 rings (SSSR count). The molecule has 12 heteroatoms. The summed E-state index contributed by atoms with van der Waals surface area (Å²) in [6.45, 7) is 7.57. The summed E-state index contributed by atoms with van der Waals surface area (Å²) in [5, 5.41) is 0. The summed E-state index contributed by atoms with van der Waals surface area (Å²) >= 11 is 1.39. The van der Waals surface area contributed by atoms with Crippen molar-refractivity contribution < 1.29 is 22.4 Å². The van der Waals surface area contributed by atoms with Gasteiger partial charge in [-0.3, -0.25) is 9.69 Å². The zero-order valence-corrected chi connectivity index (χ0v) is 28.1. The second-order valence-electron chi connectivity index (χ2n) is 13.7. The molecule has 1 saturated carbocycles. The Balaban J connectivity index is 1.18. The molecule has 2 unspecified atom stereocenters. The van der Waals surface area contributed by atoms with Gasteiger partial charge in [0.1, 0.15) is 5.82 Å². The zero-order chi connectivity index (χ0) is 31.9. The lowest BCUT2D eigenvalue weighted by Gasteiger charge is -2.49. The first-order valence-corrected chi connectivity index (χ1v) is 18.2. The van der Waals surface area contributed by atoms with Gasteiger partial charge in [0.15, 0.2) is 0 Å². The first kappa shape index (κ1) is 32.8. The number of sulfonamides is 1. The Labute approximate surface area is 265 Å². The van der Waals surface area contributed by atoms with E-state index in [1.54, 1.807) is 24.1 Å².